The molecule has 4 aromatic rings. The average molecular weight is 549 g/mol. The van der Waals surface area contributed by atoms with Crippen LogP contribution in [0.15, 0.2) is 78.9 Å². The Kier molecular flexibility index (Phi) is 7.95. The summed E-state index contributed by atoms with van der Waals surface area (Å²) < 4.78 is 79.1. The minimum absolute atomic E-state index is 0.0160. The van der Waals surface area contributed by atoms with Crippen LogP contribution in [0.2, 0.25) is 0 Å². The number of aromatic amines is 1. The van der Waals surface area contributed by atoms with Crippen LogP contribution in [0.4, 0.5) is 32.0 Å². The summed E-state index contributed by atoms with van der Waals surface area (Å²) >= 11 is 0. The summed E-state index contributed by atoms with van der Waals surface area (Å²) in [5.74, 6) is -2.06. The highest BCUT2D eigenvalue weighted by molar-refractivity contribution is 5.96. The highest BCUT2D eigenvalue weighted by atomic mass is 19.4. The number of halogens is 6. The number of rotatable bonds is 8. The number of aryl methyl sites for hydroxylation is 1. The van der Waals surface area contributed by atoms with Crippen molar-refractivity contribution in [2.24, 2.45) is 0 Å². The van der Waals surface area contributed by atoms with Crippen LogP contribution in [0.5, 0.6) is 0 Å². The zero-order valence-electron chi connectivity index (χ0n) is 20.0. The minimum atomic E-state index is -5.13. The maximum Gasteiger partial charge on any atom is 0.416 e. The number of nitrogens with one attached hydrogen (secondary N) is 3. The molecule has 1 heterocycles. The van der Waals surface area contributed by atoms with E-state index in [-0.39, 0.29) is 31.0 Å². The zero-order chi connectivity index (χ0) is 28.2. The Balaban J connectivity index is 1.52. The molecule has 3 N–H and O–H groups in total. The molecule has 1 aromatic heterocycles. The third kappa shape index (κ3) is 7.17. The molecule has 3 aromatic carbocycles. The van der Waals surface area contributed by atoms with Gasteiger partial charge in [0.1, 0.15) is 0 Å². The van der Waals surface area contributed by atoms with Gasteiger partial charge in [-0.1, -0.05) is 36.4 Å². The number of fused-ring (bicyclic) bond motifs is 1. The molecular formula is C27H21F6N3O3. The summed E-state index contributed by atoms with van der Waals surface area (Å²) in [5, 5.41) is 3.53. The normalized spacial score (nSPS) is 12.8. The molecule has 204 valence electrons. The maximum atomic E-state index is 13.2. The van der Waals surface area contributed by atoms with Gasteiger partial charge in [0.15, 0.2) is 6.10 Å². The number of aromatic nitrogens is 1. The molecule has 12 heteroatoms. The fourth-order valence-corrected chi connectivity index (χ4v) is 3.81. The fourth-order valence-electron chi connectivity index (χ4n) is 3.81. The van der Waals surface area contributed by atoms with Gasteiger partial charge in [-0.2, -0.15) is 26.3 Å². The van der Waals surface area contributed by atoms with E-state index < -0.39 is 47.0 Å². The van der Waals surface area contributed by atoms with Gasteiger partial charge in [-0.15, -0.1) is 0 Å². The number of carbonyl (C=O) groups excluding carboxylic acids is 2. The molecule has 2 amide bonds. The summed E-state index contributed by atoms with van der Waals surface area (Å²) in [5.41, 5.74) is -0.378. The molecule has 39 heavy (non-hydrogen) atoms. The molecule has 0 saturated heterocycles. The number of benzene rings is 3. The van der Waals surface area contributed by atoms with E-state index in [1.54, 1.807) is 30.3 Å². The van der Waals surface area contributed by atoms with E-state index in [4.69, 9.17) is 4.84 Å². The van der Waals surface area contributed by atoms with Crippen LogP contribution in [0.1, 0.15) is 33.6 Å². The Morgan fingerprint density at radius 2 is 1.44 bits per heavy atom. The van der Waals surface area contributed by atoms with Crippen LogP contribution in [0.3, 0.4) is 0 Å². The summed E-state index contributed by atoms with van der Waals surface area (Å²) in [6, 6.07) is 18.0. The number of amides is 2. The van der Waals surface area contributed by atoms with E-state index >= 15 is 0 Å². The zero-order valence-corrected chi connectivity index (χ0v) is 20.0. The van der Waals surface area contributed by atoms with Crippen LogP contribution in [0.25, 0.3) is 10.9 Å². The lowest BCUT2D eigenvalue weighted by Gasteiger charge is -2.18. The Hall–Kier alpha value is -4.32. The van der Waals surface area contributed by atoms with Crippen LogP contribution in [0, 0.1) is 0 Å². The van der Waals surface area contributed by atoms with Crippen molar-refractivity contribution in [2.45, 2.75) is 31.3 Å². The number of anilines is 1. The second-order valence-electron chi connectivity index (χ2n) is 8.61. The molecule has 6 nitrogen and oxygen atoms in total. The van der Waals surface area contributed by atoms with E-state index in [1.165, 1.54) is 0 Å². The van der Waals surface area contributed by atoms with Crippen LogP contribution in [-0.2, 0) is 28.4 Å². The van der Waals surface area contributed by atoms with Gasteiger partial charge >= 0.3 is 12.4 Å². The lowest BCUT2D eigenvalue weighted by atomic mass is 10.0. The number of hydrogen-bond donors (Lipinski definition) is 3. The Labute approximate surface area is 217 Å². The number of hydroxylamine groups is 1. The standard InChI is InChI=1S/C27H21F6N3O3/c28-26(29,30)18-12-17(13-19(15-18)27(31,32)33)24(37)36-39-23(25(38)35-20-7-2-1-3-8-20)11-10-21-14-16-6-4-5-9-22(16)34-21/h1-9,12-15,23,34H,10-11H2,(H,35,38)(H,36,37)/t23-/m1/s1. The van der Waals surface area contributed by atoms with Crippen LogP contribution < -0.4 is 10.8 Å². The number of para-hydroxylation sites is 2. The molecule has 0 unspecified atom stereocenters. The van der Waals surface area contributed by atoms with Gasteiger partial charge in [0.25, 0.3) is 11.8 Å². The molecule has 4 rings (SSSR count). The van der Waals surface area contributed by atoms with Gasteiger partial charge in [-0.05, 0) is 60.7 Å². The monoisotopic (exact) mass is 549 g/mol. The Bertz CT molecular complexity index is 1400. The molecule has 0 radical (unpaired) electrons. The van der Waals surface area contributed by atoms with Crippen molar-refractivity contribution in [3.63, 3.8) is 0 Å². The second kappa shape index (κ2) is 11.2. The van der Waals surface area contributed by atoms with Crippen molar-refractivity contribution < 1.29 is 40.8 Å². The maximum absolute atomic E-state index is 13.2. The second-order valence-corrected chi connectivity index (χ2v) is 8.61. The van der Waals surface area contributed by atoms with Crippen LogP contribution >= 0.6 is 0 Å². The minimum Gasteiger partial charge on any atom is -0.358 e. The van der Waals surface area contributed by atoms with E-state index in [1.807, 2.05) is 35.8 Å². The van der Waals surface area contributed by atoms with Gasteiger partial charge in [0.2, 0.25) is 0 Å². The van der Waals surface area contributed by atoms with E-state index in [9.17, 15) is 35.9 Å². The molecule has 0 bridgehead atoms. The van der Waals surface area contributed by atoms with Crippen LogP contribution in [-0.4, -0.2) is 22.9 Å². The third-order valence-corrected chi connectivity index (χ3v) is 5.74. The smallest absolute Gasteiger partial charge is 0.358 e. The first kappa shape index (κ1) is 27.7. The van der Waals surface area contributed by atoms with Gasteiger partial charge in [0, 0.05) is 22.5 Å². The van der Waals surface area contributed by atoms with Gasteiger partial charge in [-0.25, -0.2) is 5.48 Å². The van der Waals surface area contributed by atoms with Crippen molar-refractivity contribution in [1.29, 1.82) is 0 Å². The lowest BCUT2D eigenvalue weighted by molar-refractivity contribution is -0.143. The average Bonchev–Trinajstić information content (AvgIpc) is 3.31. The molecule has 0 aliphatic rings. The fraction of sp³-hybridized carbons (Fsp3) is 0.185. The summed E-state index contributed by atoms with van der Waals surface area (Å²) in [4.78, 5) is 33.9. The van der Waals surface area contributed by atoms with Gasteiger partial charge < -0.3 is 10.3 Å². The Morgan fingerprint density at radius 1 is 0.821 bits per heavy atom. The summed E-state index contributed by atoms with van der Waals surface area (Å²) in [6.45, 7) is 0. The van der Waals surface area contributed by atoms with Crippen molar-refractivity contribution >= 4 is 28.4 Å². The SMILES string of the molecule is O=C(NO[C@H](CCc1cc2ccccc2[nH]1)C(=O)Nc1ccccc1)c1cc(C(F)(F)F)cc(C(F)(F)F)c1. The van der Waals surface area contributed by atoms with E-state index in [2.05, 4.69) is 10.3 Å². The summed E-state index contributed by atoms with van der Waals surface area (Å²) in [7, 11) is 0. The largest absolute Gasteiger partial charge is 0.416 e. The number of H-pyrrole nitrogens is 1. The quantitative estimate of drug-likeness (QED) is 0.173. The predicted molar refractivity (Wildman–Crippen MR) is 130 cm³/mol. The molecule has 0 aliphatic heterocycles. The topological polar surface area (TPSA) is 83.2 Å². The first-order chi connectivity index (χ1) is 18.4. The molecule has 0 aliphatic carbocycles. The number of alkyl halides is 6. The molecule has 0 saturated carbocycles. The molecule has 1 atom stereocenters. The Morgan fingerprint density at radius 3 is 2.05 bits per heavy atom. The van der Waals surface area contributed by atoms with E-state index in [0.717, 1.165) is 16.6 Å². The molecule has 0 fully saturated rings. The number of hydrogen-bond acceptors (Lipinski definition) is 3. The van der Waals surface area contributed by atoms with Crippen molar-refractivity contribution in [3.8, 4) is 0 Å². The van der Waals surface area contributed by atoms with E-state index in [0.29, 0.717) is 5.69 Å². The number of carbonyl (C=O) groups is 2. The molecular weight excluding hydrogens is 528 g/mol. The third-order valence-electron chi connectivity index (χ3n) is 5.74. The van der Waals surface area contributed by atoms with Crippen molar-refractivity contribution in [2.75, 3.05) is 5.32 Å². The van der Waals surface area contributed by atoms with Crippen molar-refractivity contribution in [3.05, 3.63) is 101 Å². The highest BCUT2D eigenvalue weighted by Gasteiger charge is 2.37. The lowest BCUT2D eigenvalue weighted by Crippen LogP contribution is -2.38. The summed E-state index contributed by atoms with van der Waals surface area (Å²) in [6.07, 6.45) is -11.3. The van der Waals surface area contributed by atoms with Crippen molar-refractivity contribution in [1.82, 2.24) is 10.5 Å². The first-order valence-electron chi connectivity index (χ1n) is 11.6. The first-order valence-corrected chi connectivity index (χ1v) is 11.6. The molecule has 0 spiro atoms. The highest BCUT2D eigenvalue weighted by Crippen LogP contribution is 2.36. The van der Waals surface area contributed by atoms with Gasteiger partial charge in [0.05, 0.1) is 11.1 Å². The predicted octanol–water partition coefficient (Wildman–Crippen LogP) is 6.51. The van der Waals surface area contributed by atoms with Gasteiger partial charge in [-0.3, -0.25) is 14.4 Å².